The Morgan fingerprint density at radius 3 is 2.65 bits per heavy atom. The Balaban J connectivity index is 2.30. The van der Waals surface area contributed by atoms with Crippen LogP contribution in [-0.4, -0.2) is 32.1 Å². The van der Waals surface area contributed by atoms with Crippen molar-refractivity contribution in [2.45, 2.75) is 12.8 Å². The minimum atomic E-state index is -1.01. The number of nitrogens with zero attached hydrogens (tertiary/aromatic N) is 2. The van der Waals surface area contributed by atoms with Crippen molar-refractivity contribution >= 4 is 23.7 Å². The number of methoxy groups -OCH3 is 1. The molecule has 1 aromatic rings. The maximum Gasteiger partial charge on any atom is 0.319 e. The number of hydrogen-bond acceptors (Lipinski definition) is 5. The Morgan fingerprint density at radius 2 is 2.09 bits per heavy atom. The first kappa shape index (κ1) is 16.4. The van der Waals surface area contributed by atoms with Crippen LogP contribution in [0.1, 0.15) is 18.4 Å². The van der Waals surface area contributed by atoms with E-state index < -0.39 is 11.9 Å². The van der Waals surface area contributed by atoms with Crippen LogP contribution < -0.4 is 20.7 Å². The van der Waals surface area contributed by atoms with E-state index in [4.69, 9.17) is 15.7 Å². The lowest BCUT2D eigenvalue weighted by Crippen LogP contribution is -2.35. The maximum absolute atomic E-state index is 11.7. The first-order valence-electron chi connectivity index (χ1n) is 7.20. The first-order chi connectivity index (χ1) is 11.0. The summed E-state index contributed by atoms with van der Waals surface area (Å²) >= 11 is 0. The van der Waals surface area contributed by atoms with Crippen LogP contribution in [0.2, 0.25) is 0 Å². The zero-order valence-electron chi connectivity index (χ0n) is 12.8. The molecule has 0 aliphatic carbocycles. The van der Waals surface area contributed by atoms with Crippen LogP contribution in [0.15, 0.2) is 23.8 Å². The summed E-state index contributed by atoms with van der Waals surface area (Å²) in [5, 5.41) is 10.9. The Labute approximate surface area is 134 Å². The van der Waals surface area contributed by atoms with Gasteiger partial charge in [-0.2, -0.15) is 5.26 Å². The SMILES string of the molecule is COc1cc(N2CCCC2)ccc1/C=C(/C#N)C(=O)NC(N)=O. The highest BCUT2D eigenvalue weighted by Crippen LogP contribution is 2.29. The second kappa shape index (κ2) is 7.31. The van der Waals surface area contributed by atoms with E-state index in [1.807, 2.05) is 17.4 Å². The molecule has 7 nitrogen and oxygen atoms in total. The fourth-order valence-electron chi connectivity index (χ4n) is 2.47. The average Bonchev–Trinajstić information content (AvgIpc) is 3.06. The highest BCUT2D eigenvalue weighted by molar-refractivity contribution is 6.08. The molecule has 0 bridgehead atoms. The van der Waals surface area contributed by atoms with Crippen molar-refractivity contribution in [2.75, 3.05) is 25.1 Å². The number of urea groups is 1. The second-order valence-electron chi connectivity index (χ2n) is 5.11. The Morgan fingerprint density at radius 1 is 1.39 bits per heavy atom. The molecule has 1 aromatic carbocycles. The molecule has 1 aliphatic heterocycles. The molecule has 7 heteroatoms. The molecule has 0 atom stereocenters. The second-order valence-corrected chi connectivity index (χ2v) is 5.11. The standard InChI is InChI=1S/C16H18N4O3/c1-23-14-9-13(20-6-2-3-7-20)5-4-11(14)8-12(10-17)15(21)19-16(18)22/h4-5,8-9H,2-3,6-7H2,1H3,(H3,18,19,21,22)/b12-8-. The largest absolute Gasteiger partial charge is 0.496 e. The van der Waals surface area contributed by atoms with E-state index in [9.17, 15) is 9.59 Å². The number of benzene rings is 1. The van der Waals surface area contributed by atoms with Gasteiger partial charge in [0.05, 0.1) is 7.11 Å². The number of carbonyl (C=O) groups is 2. The van der Waals surface area contributed by atoms with Crippen LogP contribution in [0.3, 0.4) is 0 Å². The van der Waals surface area contributed by atoms with E-state index in [1.165, 1.54) is 13.2 Å². The summed E-state index contributed by atoms with van der Waals surface area (Å²) in [6, 6.07) is 6.31. The molecule has 0 spiro atoms. The van der Waals surface area contributed by atoms with Crippen LogP contribution in [0.5, 0.6) is 5.75 Å². The van der Waals surface area contributed by atoms with Crippen LogP contribution in [0, 0.1) is 11.3 Å². The molecule has 0 saturated carbocycles. The number of amides is 3. The van der Waals surface area contributed by atoms with E-state index >= 15 is 0 Å². The number of ether oxygens (including phenoxy) is 1. The Kier molecular flexibility index (Phi) is 5.20. The van der Waals surface area contributed by atoms with E-state index in [1.54, 1.807) is 12.1 Å². The summed E-state index contributed by atoms with van der Waals surface area (Å²) in [7, 11) is 1.52. The normalized spacial score (nSPS) is 14.3. The predicted octanol–water partition coefficient (Wildman–Crippen LogP) is 1.40. The molecule has 1 heterocycles. The van der Waals surface area contributed by atoms with Crippen LogP contribution in [0.4, 0.5) is 10.5 Å². The summed E-state index contributed by atoms with van der Waals surface area (Å²) < 4.78 is 5.35. The molecule has 0 radical (unpaired) electrons. The fraction of sp³-hybridized carbons (Fsp3) is 0.312. The average molecular weight is 314 g/mol. The molecule has 3 N–H and O–H groups in total. The molecule has 2 rings (SSSR count). The van der Waals surface area contributed by atoms with Crippen LogP contribution in [-0.2, 0) is 4.79 Å². The number of anilines is 1. The maximum atomic E-state index is 11.7. The monoisotopic (exact) mass is 314 g/mol. The third kappa shape index (κ3) is 4.01. The smallest absolute Gasteiger partial charge is 0.319 e. The molecule has 1 aliphatic rings. The quantitative estimate of drug-likeness (QED) is 0.645. The van der Waals surface area contributed by atoms with Gasteiger partial charge in [-0.25, -0.2) is 4.79 Å². The summed E-state index contributed by atoms with van der Waals surface area (Å²) in [5.74, 6) is -0.292. The minimum Gasteiger partial charge on any atom is -0.496 e. The fourth-order valence-corrected chi connectivity index (χ4v) is 2.47. The topological polar surface area (TPSA) is 108 Å². The first-order valence-corrected chi connectivity index (χ1v) is 7.20. The van der Waals surface area contributed by atoms with Crippen molar-refractivity contribution in [1.82, 2.24) is 5.32 Å². The van der Waals surface area contributed by atoms with Gasteiger partial charge in [0.1, 0.15) is 17.4 Å². The van der Waals surface area contributed by atoms with Crippen molar-refractivity contribution in [1.29, 1.82) is 5.26 Å². The van der Waals surface area contributed by atoms with Gasteiger partial charge in [-0.05, 0) is 31.1 Å². The summed E-state index contributed by atoms with van der Waals surface area (Å²) in [6.07, 6.45) is 3.69. The molecule has 120 valence electrons. The van der Waals surface area contributed by atoms with Crippen LogP contribution in [0.25, 0.3) is 6.08 Å². The van der Waals surface area contributed by atoms with Crippen molar-refractivity contribution < 1.29 is 14.3 Å². The summed E-state index contributed by atoms with van der Waals surface area (Å²) in [6.45, 7) is 2.01. The number of carbonyl (C=O) groups excluding carboxylic acids is 2. The zero-order valence-corrected chi connectivity index (χ0v) is 12.8. The van der Waals surface area contributed by atoms with Gasteiger partial charge in [0.25, 0.3) is 5.91 Å². The van der Waals surface area contributed by atoms with Crippen molar-refractivity contribution in [3.8, 4) is 11.8 Å². The zero-order chi connectivity index (χ0) is 16.8. The van der Waals surface area contributed by atoms with Gasteiger partial charge in [-0.1, -0.05) is 0 Å². The van der Waals surface area contributed by atoms with Gasteiger partial charge >= 0.3 is 6.03 Å². The summed E-state index contributed by atoms with van der Waals surface area (Å²) in [4.78, 5) is 24.7. The number of nitrogens with two attached hydrogens (primary N) is 1. The van der Waals surface area contributed by atoms with Gasteiger partial charge in [0.2, 0.25) is 0 Å². The van der Waals surface area contributed by atoms with Gasteiger partial charge in [0, 0.05) is 30.4 Å². The molecule has 1 fully saturated rings. The lowest BCUT2D eigenvalue weighted by molar-refractivity contribution is -0.115. The number of rotatable bonds is 4. The van der Waals surface area contributed by atoms with Crippen molar-refractivity contribution in [3.63, 3.8) is 0 Å². The number of nitriles is 1. The highest BCUT2D eigenvalue weighted by Gasteiger charge is 2.16. The predicted molar refractivity (Wildman–Crippen MR) is 85.8 cm³/mol. The lowest BCUT2D eigenvalue weighted by Gasteiger charge is -2.19. The molecule has 0 aromatic heterocycles. The Hall–Kier alpha value is -3.01. The number of imide groups is 1. The molecular weight excluding hydrogens is 296 g/mol. The van der Waals surface area contributed by atoms with Crippen molar-refractivity contribution in [2.24, 2.45) is 5.73 Å². The molecular formula is C16H18N4O3. The van der Waals surface area contributed by atoms with E-state index in [2.05, 4.69) is 4.90 Å². The van der Waals surface area contributed by atoms with Gasteiger partial charge in [-0.15, -0.1) is 0 Å². The molecule has 0 unspecified atom stereocenters. The Bertz CT molecular complexity index is 685. The molecule has 1 saturated heterocycles. The van der Waals surface area contributed by atoms with E-state index in [-0.39, 0.29) is 5.57 Å². The molecule has 23 heavy (non-hydrogen) atoms. The minimum absolute atomic E-state index is 0.226. The third-order valence-electron chi connectivity index (χ3n) is 3.59. The van der Waals surface area contributed by atoms with Crippen LogP contribution >= 0.6 is 0 Å². The summed E-state index contributed by atoms with van der Waals surface area (Å²) in [5.41, 5.74) is 6.28. The van der Waals surface area contributed by atoms with E-state index in [0.29, 0.717) is 11.3 Å². The lowest BCUT2D eigenvalue weighted by atomic mass is 10.1. The van der Waals surface area contributed by atoms with Crippen molar-refractivity contribution in [3.05, 3.63) is 29.3 Å². The van der Waals surface area contributed by atoms with Gasteiger partial charge in [0.15, 0.2) is 0 Å². The number of nitrogens with one attached hydrogen (secondary N) is 1. The number of hydrogen-bond donors (Lipinski definition) is 2. The van der Waals surface area contributed by atoms with Gasteiger partial charge in [-0.3, -0.25) is 10.1 Å². The highest BCUT2D eigenvalue weighted by atomic mass is 16.5. The van der Waals surface area contributed by atoms with Gasteiger partial charge < -0.3 is 15.4 Å². The molecule has 3 amide bonds. The number of primary amides is 1. The van der Waals surface area contributed by atoms with E-state index in [0.717, 1.165) is 31.6 Å². The third-order valence-corrected chi connectivity index (χ3v) is 3.59.